The van der Waals surface area contributed by atoms with E-state index >= 15 is 0 Å². The molecule has 0 radical (unpaired) electrons. The molecule has 32 heavy (non-hydrogen) atoms. The van der Waals surface area contributed by atoms with Gasteiger partial charge in [0.05, 0.1) is 24.8 Å². The van der Waals surface area contributed by atoms with E-state index in [0.717, 1.165) is 17.3 Å². The van der Waals surface area contributed by atoms with Crippen LogP contribution in [0.15, 0.2) is 57.3 Å². The Hall–Kier alpha value is -3.48. The summed E-state index contributed by atoms with van der Waals surface area (Å²) < 4.78 is 49.5. The predicted molar refractivity (Wildman–Crippen MR) is 108 cm³/mol. The first-order valence-electron chi connectivity index (χ1n) is 9.25. The summed E-state index contributed by atoms with van der Waals surface area (Å²) in [7, 11) is 1.56. The van der Waals surface area contributed by atoms with Crippen LogP contribution in [0.25, 0.3) is 0 Å². The van der Waals surface area contributed by atoms with Crippen LogP contribution < -0.4 is 10.6 Å². The van der Waals surface area contributed by atoms with Crippen LogP contribution in [0.1, 0.15) is 29.6 Å². The minimum atomic E-state index is -4.75. The molecule has 1 unspecified atom stereocenters. The van der Waals surface area contributed by atoms with Gasteiger partial charge in [-0.15, -0.1) is 10.2 Å². The largest absolute Gasteiger partial charge is 0.497 e. The van der Waals surface area contributed by atoms with Crippen molar-refractivity contribution in [3.05, 3.63) is 59.8 Å². The number of nitrogens with two attached hydrogens (primary N) is 1. The number of nitrogen functional groups attached to an aromatic ring is 1. The molecule has 13 heteroatoms. The van der Waals surface area contributed by atoms with Crippen molar-refractivity contribution < 1.29 is 27.1 Å². The van der Waals surface area contributed by atoms with Crippen LogP contribution in [0.5, 0.6) is 5.75 Å². The zero-order valence-electron chi connectivity index (χ0n) is 16.6. The fraction of sp³-hybridized carbons (Fsp3) is 0.263. The van der Waals surface area contributed by atoms with E-state index in [4.69, 9.17) is 15.0 Å². The monoisotopic (exact) mass is 466 g/mol. The highest BCUT2D eigenvalue weighted by Crippen LogP contribution is 2.34. The quantitative estimate of drug-likeness (QED) is 0.439. The topological polar surface area (TPSA) is 112 Å². The van der Waals surface area contributed by atoms with Crippen LogP contribution >= 0.6 is 11.8 Å². The summed E-state index contributed by atoms with van der Waals surface area (Å²) in [6.07, 6.45) is -2.85. The van der Waals surface area contributed by atoms with E-state index in [2.05, 4.69) is 15.3 Å². The van der Waals surface area contributed by atoms with Gasteiger partial charge >= 0.3 is 6.18 Å². The van der Waals surface area contributed by atoms with Crippen LogP contribution in [-0.4, -0.2) is 44.4 Å². The predicted octanol–water partition coefficient (Wildman–Crippen LogP) is 3.08. The number of carbonyl (C=O) groups excluding carboxylic acids is 1. The van der Waals surface area contributed by atoms with Gasteiger partial charge < -0.3 is 15.0 Å². The molecule has 1 aliphatic heterocycles. The number of amides is 1. The molecular formula is C19H17F3N6O3S. The molecule has 1 atom stereocenters. The molecule has 0 aliphatic carbocycles. The van der Waals surface area contributed by atoms with Gasteiger partial charge in [0, 0.05) is 6.42 Å². The van der Waals surface area contributed by atoms with Crippen molar-refractivity contribution in [2.75, 3.05) is 18.7 Å². The van der Waals surface area contributed by atoms with Gasteiger partial charge in [0.15, 0.2) is 0 Å². The second kappa shape index (κ2) is 8.57. The summed E-state index contributed by atoms with van der Waals surface area (Å²) in [4.78, 5) is 12.9. The minimum absolute atomic E-state index is 0.237. The van der Waals surface area contributed by atoms with Crippen molar-refractivity contribution in [1.82, 2.24) is 19.9 Å². The van der Waals surface area contributed by atoms with E-state index in [1.165, 1.54) is 11.3 Å². The van der Waals surface area contributed by atoms with Crippen molar-refractivity contribution in [1.29, 1.82) is 0 Å². The van der Waals surface area contributed by atoms with Crippen molar-refractivity contribution in [2.24, 2.45) is 5.10 Å². The number of furan rings is 1. The molecule has 2 N–H and O–H groups in total. The fourth-order valence-corrected chi connectivity index (χ4v) is 3.87. The Bertz CT molecular complexity index is 1130. The van der Waals surface area contributed by atoms with E-state index in [1.807, 2.05) is 12.1 Å². The lowest BCUT2D eigenvalue weighted by Gasteiger charge is -2.19. The molecular weight excluding hydrogens is 449 g/mol. The number of hydrogen-bond donors (Lipinski definition) is 1. The third kappa shape index (κ3) is 4.28. The third-order valence-electron chi connectivity index (χ3n) is 4.70. The van der Waals surface area contributed by atoms with E-state index in [1.54, 1.807) is 31.4 Å². The summed E-state index contributed by atoms with van der Waals surface area (Å²) in [6, 6.07) is 10.2. The SMILES string of the molecule is COc1ccc(C2=NN(C(=O)CSc3nnc(C(F)(F)F)n3N)C(c3ccco3)C2)cc1. The van der Waals surface area contributed by atoms with Gasteiger partial charge in [-0.2, -0.15) is 18.3 Å². The van der Waals surface area contributed by atoms with Crippen molar-refractivity contribution in [3.63, 3.8) is 0 Å². The Morgan fingerprint density at radius 1 is 1.28 bits per heavy atom. The van der Waals surface area contributed by atoms with E-state index in [0.29, 0.717) is 28.3 Å². The molecule has 4 rings (SSSR count). The minimum Gasteiger partial charge on any atom is -0.497 e. The number of nitrogens with zero attached hydrogens (tertiary/aromatic N) is 5. The lowest BCUT2D eigenvalue weighted by atomic mass is 10.0. The zero-order chi connectivity index (χ0) is 22.9. The summed E-state index contributed by atoms with van der Waals surface area (Å²) >= 11 is 0.737. The highest BCUT2D eigenvalue weighted by molar-refractivity contribution is 7.99. The van der Waals surface area contributed by atoms with Gasteiger partial charge in [-0.05, 0) is 42.0 Å². The third-order valence-corrected chi connectivity index (χ3v) is 5.63. The molecule has 0 saturated carbocycles. The molecule has 1 aliphatic rings. The van der Waals surface area contributed by atoms with Crippen LogP contribution in [0.4, 0.5) is 13.2 Å². The number of ether oxygens (including phenoxy) is 1. The number of hydrogen-bond acceptors (Lipinski definition) is 8. The first-order chi connectivity index (χ1) is 15.3. The van der Waals surface area contributed by atoms with Crippen molar-refractivity contribution in [3.8, 4) is 5.75 Å². The van der Waals surface area contributed by atoms with Gasteiger partial charge in [-0.25, -0.2) is 9.69 Å². The van der Waals surface area contributed by atoms with Gasteiger partial charge in [0.1, 0.15) is 17.6 Å². The molecule has 3 aromatic rings. The number of halogens is 3. The Morgan fingerprint density at radius 2 is 2.03 bits per heavy atom. The van der Waals surface area contributed by atoms with E-state index in [-0.39, 0.29) is 10.9 Å². The number of methoxy groups -OCH3 is 1. The first-order valence-corrected chi connectivity index (χ1v) is 10.2. The fourth-order valence-electron chi connectivity index (χ4n) is 3.16. The Labute approximate surface area is 184 Å². The van der Waals surface area contributed by atoms with Crippen LogP contribution in [0.2, 0.25) is 0 Å². The van der Waals surface area contributed by atoms with Crippen LogP contribution in [0.3, 0.4) is 0 Å². The Morgan fingerprint density at radius 3 is 2.62 bits per heavy atom. The number of rotatable bonds is 6. The van der Waals surface area contributed by atoms with Crippen molar-refractivity contribution >= 4 is 23.4 Å². The number of thioether (sulfide) groups is 1. The average Bonchev–Trinajstić information content (AvgIpc) is 3.51. The van der Waals surface area contributed by atoms with Crippen molar-refractivity contribution in [2.45, 2.75) is 23.8 Å². The molecule has 1 aromatic carbocycles. The van der Waals surface area contributed by atoms with E-state index < -0.39 is 23.9 Å². The van der Waals surface area contributed by atoms with Crippen LogP contribution in [0, 0.1) is 0 Å². The Kier molecular flexibility index (Phi) is 5.82. The Balaban J connectivity index is 1.54. The molecule has 0 bridgehead atoms. The molecule has 9 nitrogen and oxygen atoms in total. The summed E-state index contributed by atoms with van der Waals surface area (Å²) in [5, 5.41) is 12.0. The lowest BCUT2D eigenvalue weighted by Crippen LogP contribution is -2.28. The lowest BCUT2D eigenvalue weighted by molar-refractivity contribution is -0.146. The maximum atomic E-state index is 12.9. The number of aromatic nitrogens is 3. The van der Waals surface area contributed by atoms with Crippen LogP contribution in [-0.2, 0) is 11.0 Å². The molecule has 1 amide bonds. The summed E-state index contributed by atoms with van der Waals surface area (Å²) in [5.41, 5.74) is 1.47. The molecule has 0 fully saturated rings. The molecule has 0 spiro atoms. The highest BCUT2D eigenvalue weighted by Gasteiger charge is 2.39. The summed E-state index contributed by atoms with van der Waals surface area (Å²) in [5.74, 6) is 4.61. The zero-order valence-corrected chi connectivity index (χ0v) is 17.4. The second-order valence-electron chi connectivity index (χ2n) is 6.71. The second-order valence-corrected chi connectivity index (χ2v) is 7.65. The van der Waals surface area contributed by atoms with E-state index in [9.17, 15) is 18.0 Å². The number of carbonyl (C=O) groups is 1. The highest BCUT2D eigenvalue weighted by atomic mass is 32.2. The molecule has 2 aromatic heterocycles. The number of hydrazone groups is 1. The standard InChI is InChI=1S/C19H17F3N6O3S/c1-30-12-6-4-11(5-7-12)13-9-14(15-3-2-8-31-15)28(26-13)16(29)10-32-18-25-24-17(27(18)23)19(20,21)22/h2-8,14H,9-10,23H2,1H3. The average molecular weight is 466 g/mol. The van der Waals surface area contributed by atoms with Gasteiger partial charge in [0.25, 0.3) is 11.7 Å². The number of alkyl halides is 3. The molecule has 168 valence electrons. The smallest absolute Gasteiger partial charge is 0.453 e. The van der Waals surface area contributed by atoms with Gasteiger partial charge in [0.2, 0.25) is 5.16 Å². The maximum Gasteiger partial charge on any atom is 0.453 e. The normalized spacial score (nSPS) is 16.3. The molecule has 3 heterocycles. The van der Waals surface area contributed by atoms with Gasteiger partial charge in [-0.1, -0.05) is 11.8 Å². The molecule has 0 saturated heterocycles. The van der Waals surface area contributed by atoms with Gasteiger partial charge in [-0.3, -0.25) is 4.79 Å². The number of benzene rings is 1. The maximum absolute atomic E-state index is 12.9. The summed E-state index contributed by atoms with van der Waals surface area (Å²) in [6.45, 7) is 0. The first kappa shape index (κ1) is 21.7.